The molecule has 2 heterocycles. The van der Waals surface area contributed by atoms with Gasteiger partial charge in [0.1, 0.15) is 0 Å². The molecule has 0 aliphatic carbocycles. The fourth-order valence-electron chi connectivity index (χ4n) is 3.45. The van der Waals surface area contributed by atoms with Gasteiger partial charge < -0.3 is 9.84 Å². The summed E-state index contributed by atoms with van der Waals surface area (Å²) >= 11 is 0. The Morgan fingerprint density at radius 1 is 1.08 bits per heavy atom. The molecule has 2 aromatic carbocycles. The van der Waals surface area contributed by atoms with Gasteiger partial charge in [-0.1, -0.05) is 30.3 Å². The van der Waals surface area contributed by atoms with E-state index < -0.39 is 25.5 Å². The second-order valence-corrected chi connectivity index (χ2v) is 8.77. The molecule has 0 fully saturated rings. The maximum absolute atomic E-state index is 13.6. The van der Waals surface area contributed by atoms with Gasteiger partial charge in [-0.25, -0.2) is 4.57 Å². The van der Waals surface area contributed by atoms with Crippen molar-refractivity contribution in [1.29, 1.82) is 0 Å². The molecular weight excluding hydrogens is 500 g/mol. The number of halogens is 3. The predicted octanol–water partition coefficient (Wildman–Crippen LogP) is 4.89. The first kappa shape index (κ1) is 25.1. The number of nitrogens with one attached hydrogen (secondary N) is 1. The lowest BCUT2D eigenvalue weighted by Crippen LogP contribution is -2.15. The number of carbonyl (C=O) groups is 1. The highest BCUT2D eigenvalue weighted by Gasteiger charge is 2.34. The Bertz CT molecular complexity index is 1470. The minimum absolute atomic E-state index is 0.0245. The normalized spacial score (nSPS) is 11.8. The number of anilines is 1. The SMILES string of the molecule is Cn1ccc(-c2cc(C(=O)Nc3cc(OP(=O)(O)O)cnc3-c3ccccc3)ccc2C(F)(F)F)n1. The largest absolute Gasteiger partial charge is 0.524 e. The standard InChI is InChI=1S/C23H18F3N4O5P/c1-30-10-9-19(29-30)17-11-15(7-8-18(17)23(24,25)26)22(31)28-20-12-16(35-36(32,33)34)13-27-21(20)14-5-3-2-4-6-14/h2-13H,1H3,(H,28,31)(H2,32,33,34). The van der Waals surface area contributed by atoms with E-state index in [2.05, 4.69) is 19.9 Å². The van der Waals surface area contributed by atoms with Crippen LogP contribution in [0.5, 0.6) is 5.75 Å². The maximum Gasteiger partial charge on any atom is 0.524 e. The van der Waals surface area contributed by atoms with E-state index in [0.717, 1.165) is 30.5 Å². The Labute approximate surface area is 202 Å². The molecule has 0 spiro atoms. The molecule has 0 bridgehead atoms. The lowest BCUT2D eigenvalue weighted by Gasteiger charge is -2.15. The summed E-state index contributed by atoms with van der Waals surface area (Å²) in [6, 6.07) is 14.0. The van der Waals surface area contributed by atoms with Crippen LogP contribution in [0.15, 0.2) is 73.1 Å². The summed E-state index contributed by atoms with van der Waals surface area (Å²) in [6.07, 6.45) is -2.12. The molecule has 0 radical (unpaired) electrons. The van der Waals surface area contributed by atoms with E-state index in [1.807, 2.05) is 0 Å². The van der Waals surface area contributed by atoms with Gasteiger partial charge in [-0.15, -0.1) is 0 Å². The molecule has 0 unspecified atom stereocenters. The molecule has 186 valence electrons. The third-order valence-corrected chi connectivity index (χ3v) is 5.41. The third kappa shape index (κ3) is 5.80. The summed E-state index contributed by atoms with van der Waals surface area (Å²) in [6.45, 7) is 0. The zero-order valence-electron chi connectivity index (χ0n) is 18.5. The van der Waals surface area contributed by atoms with Crippen LogP contribution in [0.3, 0.4) is 0 Å². The molecule has 36 heavy (non-hydrogen) atoms. The lowest BCUT2D eigenvalue weighted by molar-refractivity contribution is -0.137. The second kappa shape index (κ2) is 9.57. The first-order valence-electron chi connectivity index (χ1n) is 10.2. The smallest absolute Gasteiger partial charge is 0.403 e. The minimum Gasteiger partial charge on any atom is -0.403 e. The topological polar surface area (TPSA) is 127 Å². The van der Waals surface area contributed by atoms with Gasteiger partial charge in [-0.05, 0) is 24.3 Å². The number of alkyl halides is 3. The summed E-state index contributed by atoms with van der Waals surface area (Å²) in [5, 5.41) is 6.58. The summed E-state index contributed by atoms with van der Waals surface area (Å²) in [5.41, 5.74) is -0.475. The molecule has 1 amide bonds. The molecule has 0 saturated carbocycles. The Kier molecular flexibility index (Phi) is 6.68. The zero-order chi connectivity index (χ0) is 26.1. The van der Waals surface area contributed by atoms with Crippen molar-refractivity contribution in [2.75, 3.05) is 5.32 Å². The number of amides is 1. The molecule has 0 aliphatic heterocycles. The van der Waals surface area contributed by atoms with Crippen molar-refractivity contribution in [3.05, 3.63) is 84.2 Å². The fraction of sp³-hybridized carbons (Fsp3) is 0.0870. The van der Waals surface area contributed by atoms with Crippen molar-refractivity contribution in [1.82, 2.24) is 14.8 Å². The van der Waals surface area contributed by atoms with Gasteiger partial charge in [-0.3, -0.25) is 24.2 Å². The quantitative estimate of drug-likeness (QED) is 0.310. The Balaban J connectivity index is 1.75. The van der Waals surface area contributed by atoms with Crippen LogP contribution in [0.2, 0.25) is 0 Å². The number of aromatic nitrogens is 3. The molecule has 0 saturated heterocycles. The summed E-state index contributed by atoms with van der Waals surface area (Å²) in [4.78, 5) is 35.5. The Hall–Kier alpha value is -3.99. The number of carbonyl (C=O) groups excluding carboxylic acids is 1. The summed E-state index contributed by atoms with van der Waals surface area (Å²) < 4.78 is 58.0. The van der Waals surface area contributed by atoms with Crippen LogP contribution in [0.4, 0.5) is 18.9 Å². The molecule has 4 rings (SSSR count). The first-order valence-corrected chi connectivity index (χ1v) is 11.8. The maximum atomic E-state index is 13.6. The molecule has 3 N–H and O–H groups in total. The van der Waals surface area contributed by atoms with Crippen LogP contribution in [-0.4, -0.2) is 30.5 Å². The minimum atomic E-state index is -4.92. The van der Waals surface area contributed by atoms with E-state index in [1.165, 1.54) is 16.9 Å². The fourth-order valence-corrected chi connectivity index (χ4v) is 3.83. The number of benzene rings is 2. The van der Waals surface area contributed by atoms with Gasteiger partial charge >= 0.3 is 14.0 Å². The highest BCUT2D eigenvalue weighted by molar-refractivity contribution is 7.46. The number of nitrogens with zero attached hydrogens (tertiary/aromatic N) is 3. The predicted molar refractivity (Wildman–Crippen MR) is 124 cm³/mol. The van der Waals surface area contributed by atoms with Crippen molar-refractivity contribution >= 4 is 19.4 Å². The molecule has 0 atom stereocenters. The number of hydrogen-bond acceptors (Lipinski definition) is 5. The van der Waals surface area contributed by atoms with Crippen LogP contribution in [0.1, 0.15) is 15.9 Å². The van der Waals surface area contributed by atoms with Gasteiger partial charge in [0.05, 0.1) is 28.8 Å². The summed E-state index contributed by atoms with van der Waals surface area (Å²) in [7, 11) is -3.36. The molecular formula is C23H18F3N4O5P. The van der Waals surface area contributed by atoms with Gasteiger partial charge in [0, 0.05) is 36.0 Å². The molecule has 9 nitrogen and oxygen atoms in total. The lowest BCUT2D eigenvalue weighted by atomic mass is 10.00. The van der Waals surface area contributed by atoms with Crippen molar-refractivity contribution in [3.63, 3.8) is 0 Å². The Morgan fingerprint density at radius 2 is 1.81 bits per heavy atom. The van der Waals surface area contributed by atoms with E-state index in [0.29, 0.717) is 5.56 Å². The van der Waals surface area contributed by atoms with Gasteiger partial charge in [0.2, 0.25) is 0 Å². The Morgan fingerprint density at radius 3 is 2.42 bits per heavy atom. The van der Waals surface area contributed by atoms with Crippen molar-refractivity contribution in [2.45, 2.75) is 6.18 Å². The van der Waals surface area contributed by atoms with E-state index >= 15 is 0 Å². The number of hydrogen-bond donors (Lipinski definition) is 3. The van der Waals surface area contributed by atoms with E-state index in [-0.39, 0.29) is 34.0 Å². The molecule has 13 heteroatoms. The zero-order valence-corrected chi connectivity index (χ0v) is 19.4. The average molecular weight is 518 g/mol. The van der Waals surface area contributed by atoms with Crippen molar-refractivity contribution < 1.29 is 36.8 Å². The molecule has 2 aromatic heterocycles. The number of pyridine rings is 1. The number of phosphoric ester groups is 1. The number of aryl methyl sites for hydroxylation is 1. The molecule has 4 aromatic rings. The van der Waals surface area contributed by atoms with Crippen LogP contribution < -0.4 is 9.84 Å². The van der Waals surface area contributed by atoms with Crippen LogP contribution >= 0.6 is 7.82 Å². The number of phosphoric acid groups is 1. The highest BCUT2D eigenvalue weighted by Crippen LogP contribution is 2.40. The monoisotopic (exact) mass is 518 g/mol. The van der Waals surface area contributed by atoms with Gasteiger partial charge in [0.25, 0.3) is 5.91 Å². The van der Waals surface area contributed by atoms with Gasteiger partial charge in [0.15, 0.2) is 5.75 Å². The van der Waals surface area contributed by atoms with Crippen LogP contribution in [0, 0.1) is 0 Å². The third-order valence-electron chi connectivity index (χ3n) is 4.96. The molecule has 0 aliphatic rings. The summed E-state index contributed by atoms with van der Waals surface area (Å²) in [5.74, 6) is -1.10. The first-order chi connectivity index (χ1) is 16.9. The second-order valence-electron chi connectivity index (χ2n) is 7.60. The van der Waals surface area contributed by atoms with E-state index in [1.54, 1.807) is 37.4 Å². The van der Waals surface area contributed by atoms with Crippen LogP contribution in [-0.2, 0) is 17.8 Å². The van der Waals surface area contributed by atoms with Crippen molar-refractivity contribution in [3.8, 4) is 28.3 Å². The number of rotatable bonds is 6. The van der Waals surface area contributed by atoms with Gasteiger partial charge in [-0.2, -0.15) is 18.3 Å². The van der Waals surface area contributed by atoms with E-state index in [4.69, 9.17) is 9.79 Å². The highest BCUT2D eigenvalue weighted by atomic mass is 31.2. The average Bonchev–Trinajstić information content (AvgIpc) is 3.24. The van der Waals surface area contributed by atoms with E-state index in [9.17, 15) is 22.5 Å². The van der Waals surface area contributed by atoms with Crippen LogP contribution in [0.25, 0.3) is 22.5 Å². The van der Waals surface area contributed by atoms with Crippen molar-refractivity contribution in [2.24, 2.45) is 7.05 Å².